The standard InChI is InChI=1S/C17H17N3O6S2/c1-26-13-4-2-12(3-5-13)9-18-17(21)10-27(22,23)14-6-7-15-16(8-14)28(24,25)20-11-19-15/h2-8,11H,9-10H2,1H3,(H,18,21)(H,19,20). The lowest BCUT2D eigenvalue weighted by Gasteiger charge is -2.13. The quantitative estimate of drug-likeness (QED) is 0.706. The SMILES string of the molecule is COc1ccc(CNC(=O)CS(=O)(=O)c2ccc3c(c2)S(=O)(=O)N=CN3)cc1. The van der Waals surface area contributed by atoms with E-state index in [9.17, 15) is 21.6 Å². The Labute approximate surface area is 162 Å². The zero-order valence-corrected chi connectivity index (χ0v) is 16.4. The summed E-state index contributed by atoms with van der Waals surface area (Å²) in [6.45, 7) is 0.148. The second kappa shape index (κ2) is 7.60. The molecule has 3 rings (SSSR count). The number of hydrogen-bond donors (Lipinski definition) is 2. The van der Waals surface area contributed by atoms with E-state index in [2.05, 4.69) is 15.0 Å². The highest BCUT2D eigenvalue weighted by atomic mass is 32.2. The monoisotopic (exact) mass is 423 g/mol. The average molecular weight is 423 g/mol. The van der Waals surface area contributed by atoms with E-state index in [1.165, 1.54) is 19.2 Å². The summed E-state index contributed by atoms with van der Waals surface area (Å²) in [7, 11) is -6.47. The van der Waals surface area contributed by atoms with Crippen LogP contribution >= 0.6 is 0 Å². The topological polar surface area (TPSA) is 131 Å². The van der Waals surface area contributed by atoms with E-state index in [0.717, 1.165) is 18.0 Å². The number of benzene rings is 2. The lowest BCUT2D eigenvalue weighted by atomic mass is 10.2. The fraction of sp³-hybridized carbons (Fsp3) is 0.176. The van der Waals surface area contributed by atoms with Crippen LogP contribution in [-0.4, -0.2) is 41.9 Å². The second-order valence-corrected chi connectivity index (χ2v) is 9.49. The third-order valence-corrected chi connectivity index (χ3v) is 6.86. The Kier molecular flexibility index (Phi) is 5.38. The fourth-order valence-electron chi connectivity index (χ4n) is 2.50. The first-order chi connectivity index (χ1) is 13.2. The van der Waals surface area contributed by atoms with Crippen LogP contribution in [0.3, 0.4) is 0 Å². The van der Waals surface area contributed by atoms with Crippen LogP contribution in [-0.2, 0) is 31.2 Å². The number of nitrogens with zero attached hydrogens (tertiary/aromatic N) is 1. The van der Waals surface area contributed by atoms with Crippen molar-refractivity contribution < 1.29 is 26.4 Å². The summed E-state index contributed by atoms with van der Waals surface area (Å²) in [4.78, 5) is 11.6. The minimum absolute atomic E-state index is 0.148. The minimum atomic E-state index is -4.03. The van der Waals surface area contributed by atoms with Crippen LogP contribution in [0.1, 0.15) is 5.56 Å². The molecule has 1 amide bonds. The Morgan fingerprint density at radius 1 is 1.18 bits per heavy atom. The van der Waals surface area contributed by atoms with Crippen LogP contribution in [0.2, 0.25) is 0 Å². The number of carbonyl (C=O) groups is 1. The number of amides is 1. The molecular formula is C17H17N3O6S2. The summed E-state index contributed by atoms with van der Waals surface area (Å²) >= 11 is 0. The van der Waals surface area contributed by atoms with Crippen molar-refractivity contribution >= 4 is 37.8 Å². The number of sulfone groups is 1. The molecule has 2 N–H and O–H groups in total. The number of fused-ring (bicyclic) bond motifs is 1. The lowest BCUT2D eigenvalue weighted by molar-refractivity contribution is -0.118. The largest absolute Gasteiger partial charge is 0.497 e. The molecule has 28 heavy (non-hydrogen) atoms. The van der Waals surface area contributed by atoms with E-state index in [1.54, 1.807) is 24.3 Å². The molecule has 1 aliphatic rings. The van der Waals surface area contributed by atoms with Crippen LogP contribution in [0.5, 0.6) is 5.75 Å². The van der Waals surface area contributed by atoms with Crippen LogP contribution in [0.15, 0.2) is 56.7 Å². The maximum Gasteiger partial charge on any atom is 0.285 e. The minimum Gasteiger partial charge on any atom is -0.497 e. The molecule has 0 fully saturated rings. The summed E-state index contributed by atoms with van der Waals surface area (Å²) in [6, 6.07) is 10.5. The van der Waals surface area contributed by atoms with Crippen molar-refractivity contribution in [3.8, 4) is 5.75 Å². The molecule has 2 aromatic carbocycles. The van der Waals surface area contributed by atoms with Gasteiger partial charge in [0.05, 0.1) is 17.7 Å². The van der Waals surface area contributed by atoms with Gasteiger partial charge in [-0.05, 0) is 35.9 Å². The number of sulfonamides is 1. The van der Waals surface area contributed by atoms with Gasteiger partial charge in [-0.25, -0.2) is 8.42 Å². The molecule has 11 heteroatoms. The van der Waals surface area contributed by atoms with E-state index in [4.69, 9.17) is 4.74 Å². The van der Waals surface area contributed by atoms with Gasteiger partial charge in [-0.1, -0.05) is 12.1 Å². The Morgan fingerprint density at radius 3 is 2.57 bits per heavy atom. The zero-order chi connectivity index (χ0) is 20.4. The molecule has 2 aromatic rings. The lowest BCUT2D eigenvalue weighted by Crippen LogP contribution is -2.30. The van der Waals surface area contributed by atoms with Gasteiger partial charge in [0.15, 0.2) is 9.84 Å². The number of anilines is 1. The van der Waals surface area contributed by atoms with Gasteiger partial charge < -0.3 is 15.4 Å². The van der Waals surface area contributed by atoms with Crippen molar-refractivity contribution in [1.82, 2.24) is 5.32 Å². The van der Waals surface area contributed by atoms with Gasteiger partial charge in [0.1, 0.15) is 22.7 Å². The molecular weight excluding hydrogens is 406 g/mol. The van der Waals surface area contributed by atoms with Crippen LogP contribution < -0.4 is 15.4 Å². The van der Waals surface area contributed by atoms with Gasteiger partial charge in [-0.3, -0.25) is 4.79 Å². The van der Waals surface area contributed by atoms with Crippen LogP contribution in [0, 0.1) is 0 Å². The normalized spacial score (nSPS) is 14.6. The third-order valence-electron chi connectivity index (χ3n) is 3.97. The molecule has 9 nitrogen and oxygen atoms in total. The van der Waals surface area contributed by atoms with Crippen molar-refractivity contribution in [3.63, 3.8) is 0 Å². The van der Waals surface area contributed by atoms with Crippen molar-refractivity contribution in [2.45, 2.75) is 16.3 Å². The smallest absolute Gasteiger partial charge is 0.285 e. The van der Waals surface area contributed by atoms with Crippen LogP contribution in [0.25, 0.3) is 0 Å². The Bertz CT molecular complexity index is 1140. The predicted octanol–water partition coefficient (Wildman–Crippen LogP) is 0.928. The molecule has 0 saturated carbocycles. The molecule has 1 aliphatic heterocycles. The second-order valence-electron chi connectivity index (χ2n) is 5.90. The summed E-state index contributed by atoms with van der Waals surface area (Å²) in [5.74, 6) is -0.843. The molecule has 0 saturated heterocycles. The van der Waals surface area contributed by atoms with Gasteiger partial charge in [0.25, 0.3) is 10.0 Å². The first-order valence-corrected chi connectivity index (χ1v) is 11.1. The summed E-state index contributed by atoms with van der Waals surface area (Å²) in [6.07, 6.45) is 1.01. The number of carbonyl (C=O) groups excluding carboxylic acids is 1. The Morgan fingerprint density at radius 2 is 1.89 bits per heavy atom. The predicted molar refractivity (Wildman–Crippen MR) is 103 cm³/mol. The molecule has 0 aliphatic carbocycles. The molecule has 0 unspecified atom stereocenters. The summed E-state index contributed by atoms with van der Waals surface area (Å²) in [5.41, 5.74) is 0.994. The Hall–Kier alpha value is -2.92. The van der Waals surface area contributed by atoms with Gasteiger partial charge in [-0.15, -0.1) is 4.40 Å². The third kappa shape index (κ3) is 4.31. The highest BCUT2D eigenvalue weighted by Gasteiger charge is 2.26. The molecule has 1 heterocycles. The molecule has 0 bridgehead atoms. The molecule has 0 spiro atoms. The first-order valence-electron chi connectivity index (χ1n) is 8.03. The van der Waals surface area contributed by atoms with Crippen LogP contribution in [0.4, 0.5) is 5.69 Å². The highest BCUT2D eigenvalue weighted by molar-refractivity contribution is 7.92. The molecule has 0 aromatic heterocycles. The van der Waals surface area contributed by atoms with Gasteiger partial charge in [0, 0.05) is 6.54 Å². The number of ether oxygens (including phenoxy) is 1. The van der Waals surface area contributed by atoms with Gasteiger partial charge >= 0.3 is 0 Å². The van der Waals surface area contributed by atoms with Gasteiger partial charge in [0.2, 0.25) is 5.91 Å². The number of rotatable bonds is 6. The summed E-state index contributed by atoms with van der Waals surface area (Å²) < 4.78 is 57.3. The van der Waals surface area contributed by atoms with Crippen molar-refractivity contribution in [2.75, 3.05) is 18.2 Å². The summed E-state index contributed by atoms with van der Waals surface area (Å²) in [5, 5.41) is 5.16. The number of hydrogen-bond acceptors (Lipinski definition) is 7. The van der Waals surface area contributed by atoms with E-state index < -0.39 is 31.5 Å². The first kappa shape index (κ1) is 19.8. The van der Waals surface area contributed by atoms with E-state index in [-0.39, 0.29) is 22.0 Å². The van der Waals surface area contributed by atoms with E-state index in [1.807, 2.05) is 0 Å². The van der Waals surface area contributed by atoms with Gasteiger partial charge in [-0.2, -0.15) is 8.42 Å². The number of methoxy groups -OCH3 is 1. The highest BCUT2D eigenvalue weighted by Crippen LogP contribution is 2.28. The molecule has 148 valence electrons. The van der Waals surface area contributed by atoms with E-state index >= 15 is 0 Å². The van der Waals surface area contributed by atoms with E-state index in [0.29, 0.717) is 5.75 Å². The van der Waals surface area contributed by atoms with Crippen molar-refractivity contribution in [3.05, 3.63) is 48.0 Å². The van der Waals surface area contributed by atoms with Crippen molar-refractivity contribution in [1.29, 1.82) is 0 Å². The average Bonchev–Trinajstić information content (AvgIpc) is 2.66. The molecule has 0 radical (unpaired) electrons. The number of nitrogens with one attached hydrogen (secondary N) is 2. The maximum absolute atomic E-state index is 12.5. The molecule has 0 atom stereocenters. The maximum atomic E-state index is 12.5. The Balaban J connectivity index is 1.70. The van der Waals surface area contributed by atoms with Crippen molar-refractivity contribution in [2.24, 2.45) is 4.40 Å². The fourth-order valence-corrected chi connectivity index (χ4v) is 4.75. The zero-order valence-electron chi connectivity index (χ0n) is 14.7.